The third kappa shape index (κ3) is 2.76. The van der Waals surface area contributed by atoms with Crippen molar-refractivity contribution in [3.05, 3.63) is 65.5 Å². The maximum atomic E-state index is 14.2. The summed E-state index contributed by atoms with van der Waals surface area (Å²) in [4.78, 5) is 0. The Hall–Kier alpha value is -1.87. The quantitative estimate of drug-likeness (QED) is 0.909. The number of hydrogen-bond acceptors (Lipinski definition) is 2. The first-order valence-corrected chi connectivity index (χ1v) is 6.28. The average molecular weight is 259 g/mol. The number of halogens is 1. The maximum Gasteiger partial charge on any atom is 0.169 e. The molecule has 0 aliphatic heterocycles. The lowest BCUT2D eigenvalue weighted by molar-refractivity contribution is 0.380. The molecule has 2 aromatic carbocycles. The molecule has 0 aliphatic carbocycles. The van der Waals surface area contributed by atoms with Crippen molar-refractivity contribution in [2.75, 3.05) is 7.11 Å². The number of nitrogens with two attached hydrogens (primary N) is 1. The van der Waals surface area contributed by atoms with Gasteiger partial charge in [0.05, 0.1) is 7.11 Å². The van der Waals surface area contributed by atoms with Crippen molar-refractivity contribution in [3.8, 4) is 5.75 Å². The zero-order valence-electron chi connectivity index (χ0n) is 11.1. The van der Waals surface area contributed by atoms with Crippen LogP contribution in [0.15, 0.2) is 48.5 Å². The van der Waals surface area contributed by atoms with Crippen LogP contribution >= 0.6 is 0 Å². The van der Waals surface area contributed by atoms with E-state index in [2.05, 4.69) is 0 Å². The lowest BCUT2D eigenvalue weighted by Crippen LogP contribution is -2.19. The smallest absolute Gasteiger partial charge is 0.169 e. The van der Waals surface area contributed by atoms with Crippen molar-refractivity contribution in [2.45, 2.75) is 18.9 Å². The van der Waals surface area contributed by atoms with E-state index < -0.39 is 6.04 Å². The Kier molecular flexibility index (Phi) is 4.17. The molecule has 2 aromatic rings. The molecule has 0 saturated carbocycles. The van der Waals surface area contributed by atoms with Crippen molar-refractivity contribution in [3.63, 3.8) is 0 Å². The zero-order chi connectivity index (χ0) is 13.8. The fourth-order valence-electron chi connectivity index (χ4n) is 2.18. The first-order valence-electron chi connectivity index (χ1n) is 6.28. The Morgan fingerprint density at radius 3 is 2.37 bits per heavy atom. The van der Waals surface area contributed by atoms with Crippen LogP contribution in [0, 0.1) is 5.82 Å². The molecule has 0 spiro atoms. The average Bonchev–Trinajstić information content (AvgIpc) is 2.47. The molecule has 0 aliphatic rings. The molecular formula is C16H18FNO. The van der Waals surface area contributed by atoms with Crippen molar-refractivity contribution < 1.29 is 9.13 Å². The van der Waals surface area contributed by atoms with Crippen molar-refractivity contribution in [1.82, 2.24) is 0 Å². The lowest BCUT2D eigenvalue weighted by Gasteiger charge is -2.21. The molecule has 2 rings (SSSR count). The summed E-state index contributed by atoms with van der Waals surface area (Å²) in [6.45, 7) is 2.00. The van der Waals surface area contributed by atoms with E-state index in [0.29, 0.717) is 5.56 Å². The van der Waals surface area contributed by atoms with Gasteiger partial charge in [-0.1, -0.05) is 49.4 Å². The summed E-state index contributed by atoms with van der Waals surface area (Å²) in [5, 5.41) is 0. The molecule has 0 amide bonds. The van der Waals surface area contributed by atoms with Gasteiger partial charge in [-0.15, -0.1) is 0 Å². The van der Waals surface area contributed by atoms with E-state index in [4.69, 9.17) is 10.5 Å². The molecular weight excluding hydrogens is 241 g/mol. The lowest BCUT2D eigenvalue weighted by atomic mass is 9.89. The summed E-state index contributed by atoms with van der Waals surface area (Å²) in [6.07, 6.45) is 0. The van der Waals surface area contributed by atoms with Gasteiger partial charge in [-0.05, 0) is 11.6 Å². The number of rotatable bonds is 4. The van der Waals surface area contributed by atoms with Crippen LogP contribution in [0.25, 0.3) is 0 Å². The summed E-state index contributed by atoms with van der Waals surface area (Å²) in [5.74, 6) is -0.115. The van der Waals surface area contributed by atoms with E-state index in [1.54, 1.807) is 18.2 Å². The molecule has 0 radical (unpaired) electrons. The van der Waals surface area contributed by atoms with Crippen LogP contribution in [-0.2, 0) is 0 Å². The third-order valence-corrected chi connectivity index (χ3v) is 3.44. The largest absolute Gasteiger partial charge is 0.494 e. The fourth-order valence-corrected chi connectivity index (χ4v) is 2.18. The van der Waals surface area contributed by atoms with E-state index >= 15 is 0 Å². The van der Waals surface area contributed by atoms with Gasteiger partial charge < -0.3 is 10.5 Å². The topological polar surface area (TPSA) is 35.2 Å². The highest BCUT2D eigenvalue weighted by Gasteiger charge is 2.21. The fraction of sp³-hybridized carbons (Fsp3) is 0.250. The highest BCUT2D eigenvalue weighted by atomic mass is 19.1. The van der Waals surface area contributed by atoms with Crippen LogP contribution in [0.3, 0.4) is 0 Å². The molecule has 0 bridgehead atoms. The Morgan fingerprint density at radius 2 is 1.74 bits per heavy atom. The Bertz CT molecular complexity index is 542. The SMILES string of the molecule is COc1cccc(C(N)C(C)c2ccccc2)c1F. The Balaban J connectivity index is 2.32. The molecule has 0 aromatic heterocycles. The summed E-state index contributed by atoms with van der Waals surface area (Å²) in [5.41, 5.74) is 7.78. The van der Waals surface area contributed by atoms with Gasteiger partial charge in [-0.25, -0.2) is 4.39 Å². The molecule has 0 heterocycles. The molecule has 19 heavy (non-hydrogen) atoms. The molecule has 100 valence electrons. The normalized spacial score (nSPS) is 13.9. The van der Waals surface area contributed by atoms with Crippen molar-refractivity contribution in [2.24, 2.45) is 5.73 Å². The first-order chi connectivity index (χ1) is 9.15. The van der Waals surface area contributed by atoms with Crippen LogP contribution in [0.5, 0.6) is 5.75 Å². The van der Waals surface area contributed by atoms with Crippen LogP contribution < -0.4 is 10.5 Å². The van der Waals surface area contributed by atoms with Crippen LogP contribution in [0.2, 0.25) is 0 Å². The van der Waals surface area contributed by atoms with E-state index in [9.17, 15) is 4.39 Å². The van der Waals surface area contributed by atoms with Gasteiger partial charge in [-0.3, -0.25) is 0 Å². The monoisotopic (exact) mass is 259 g/mol. The molecule has 2 atom stereocenters. The first kappa shape index (κ1) is 13.6. The minimum absolute atomic E-state index is 0.0304. The van der Waals surface area contributed by atoms with E-state index in [0.717, 1.165) is 5.56 Å². The Morgan fingerprint density at radius 1 is 1.05 bits per heavy atom. The number of benzene rings is 2. The highest BCUT2D eigenvalue weighted by Crippen LogP contribution is 2.32. The van der Waals surface area contributed by atoms with Gasteiger partial charge >= 0.3 is 0 Å². The van der Waals surface area contributed by atoms with Gasteiger partial charge in [0.2, 0.25) is 0 Å². The molecule has 0 saturated heterocycles. The summed E-state index contributed by atoms with van der Waals surface area (Å²) in [7, 11) is 1.45. The van der Waals surface area contributed by atoms with Gasteiger partial charge in [0, 0.05) is 17.5 Å². The molecule has 2 unspecified atom stereocenters. The molecule has 0 fully saturated rings. The summed E-state index contributed by atoms with van der Waals surface area (Å²) in [6, 6.07) is 14.5. The molecule has 2 N–H and O–H groups in total. The summed E-state index contributed by atoms with van der Waals surface area (Å²) >= 11 is 0. The second-order valence-electron chi connectivity index (χ2n) is 4.59. The minimum Gasteiger partial charge on any atom is -0.494 e. The second kappa shape index (κ2) is 5.85. The highest BCUT2D eigenvalue weighted by molar-refractivity contribution is 5.35. The van der Waals surface area contributed by atoms with Crippen LogP contribution in [-0.4, -0.2) is 7.11 Å². The van der Waals surface area contributed by atoms with E-state index in [-0.39, 0.29) is 17.5 Å². The third-order valence-electron chi connectivity index (χ3n) is 3.44. The number of ether oxygens (including phenoxy) is 1. The van der Waals surface area contributed by atoms with Gasteiger partial charge in [0.25, 0.3) is 0 Å². The predicted octanol–water partition coefficient (Wildman–Crippen LogP) is 3.64. The predicted molar refractivity (Wildman–Crippen MR) is 74.7 cm³/mol. The van der Waals surface area contributed by atoms with E-state index in [1.165, 1.54) is 7.11 Å². The Labute approximate surface area is 113 Å². The van der Waals surface area contributed by atoms with Crippen molar-refractivity contribution in [1.29, 1.82) is 0 Å². The van der Waals surface area contributed by atoms with Crippen LogP contribution in [0.1, 0.15) is 30.0 Å². The number of hydrogen-bond donors (Lipinski definition) is 1. The second-order valence-corrected chi connectivity index (χ2v) is 4.59. The summed E-state index contributed by atoms with van der Waals surface area (Å²) < 4.78 is 19.2. The van der Waals surface area contributed by atoms with Gasteiger partial charge in [-0.2, -0.15) is 0 Å². The van der Waals surface area contributed by atoms with Crippen molar-refractivity contribution >= 4 is 0 Å². The minimum atomic E-state index is -0.405. The maximum absolute atomic E-state index is 14.2. The van der Waals surface area contributed by atoms with Crippen LogP contribution in [0.4, 0.5) is 4.39 Å². The molecule has 3 heteroatoms. The van der Waals surface area contributed by atoms with Gasteiger partial charge in [0.15, 0.2) is 11.6 Å². The number of methoxy groups -OCH3 is 1. The molecule has 2 nitrogen and oxygen atoms in total. The standard InChI is InChI=1S/C16H18FNO/c1-11(12-7-4-3-5-8-12)16(18)13-9-6-10-14(19-2)15(13)17/h3-11,16H,18H2,1-2H3. The zero-order valence-corrected chi connectivity index (χ0v) is 11.1. The van der Waals surface area contributed by atoms with E-state index in [1.807, 2.05) is 37.3 Å². The van der Waals surface area contributed by atoms with Gasteiger partial charge in [0.1, 0.15) is 0 Å².